The van der Waals surface area contributed by atoms with Gasteiger partial charge < -0.3 is 15.1 Å². The first-order valence-electron chi connectivity index (χ1n) is 15.9. The molecule has 9 heteroatoms. The number of carbonyl (C=O) groups is 1. The Morgan fingerprint density at radius 2 is 1.84 bits per heavy atom. The number of rotatable bonds is 6. The fourth-order valence-corrected chi connectivity index (χ4v) is 7.62. The number of halogens is 2. The highest BCUT2D eigenvalue weighted by atomic mass is 19.2. The minimum atomic E-state index is -0.870. The molecule has 3 fully saturated rings. The van der Waals surface area contributed by atoms with Crippen LogP contribution in [0.2, 0.25) is 0 Å². The molecule has 1 saturated carbocycles. The van der Waals surface area contributed by atoms with Gasteiger partial charge in [-0.15, -0.1) is 0 Å². The minimum Gasteiger partial charge on any atom is -0.338 e. The van der Waals surface area contributed by atoms with E-state index < -0.39 is 17.7 Å². The highest BCUT2D eigenvalue weighted by Gasteiger charge is 2.44. The van der Waals surface area contributed by atoms with E-state index in [0.717, 1.165) is 42.4 Å². The summed E-state index contributed by atoms with van der Waals surface area (Å²) < 4.78 is 28.9. The lowest BCUT2D eigenvalue weighted by Crippen LogP contribution is -2.47. The lowest BCUT2D eigenvalue weighted by Gasteiger charge is -2.45. The van der Waals surface area contributed by atoms with E-state index in [1.807, 2.05) is 29.8 Å². The molecule has 3 atom stereocenters. The molecule has 2 aromatic carbocycles. The van der Waals surface area contributed by atoms with Crippen LogP contribution in [0.4, 0.5) is 8.78 Å². The maximum absolute atomic E-state index is 13.8. The zero-order chi connectivity index (χ0) is 31.3. The number of piperidine rings is 2. The third kappa shape index (κ3) is 6.94. The van der Waals surface area contributed by atoms with Crippen LogP contribution < -0.4 is 10.9 Å². The Morgan fingerprint density at radius 1 is 1.07 bits per heavy atom. The van der Waals surface area contributed by atoms with Crippen LogP contribution in [0.15, 0.2) is 59.7 Å². The molecule has 44 heavy (non-hydrogen) atoms. The van der Waals surface area contributed by atoms with E-state index in [1.165, 1.54) is 55.7 Å². The topological polar surface area (TPSA) is 70.5 Å². The van der Waals surface area contributed by atoms with Crippen molar-refractivity contribution in [2.24, 2.45) is 11.3 Å². The molecule has 1 aliphatic carbocycles. The molecule has 1 aromatic heterocycles. The lowest BCUT2D eigenvalue weighted by atomic mass is 9.69. The van der Waals surface area contributed by atoms with Gasteiger partial charge >= 0.3 is 0 Å². The number of carbonyl (C=O) groups excluding carboxylic acids is 1. The molecule has 0 bridgehead atoms. The highest BCUT2D eigenvalue weighted by molar-refractivity contribution is 5.62. The predicted molar refractivity (Wildman–Crippen MR) is 169 cm³/mol. The molecule has 3 aromatic rings. The Kier molecular flexibility index (Phi) is 10.3. The Morgan fingerprint density at radius 3 is 2.55 bits per heavy atom. The molecule has 7 nitrogen and oxygen atoms in total. The monoisotopic (exact) mass is 605 g/mol. The van der Waals surface area contributed by atoms with Crippen molar-refractivity contribution in [2.45, 2.75) is 70.5 Å². The van der Waals surface area contributed by atoms with Gasteiger partial charge in [-0.2, -0.15) is 0 Å². The first-order chi connectivity index (χ1) is 21.2. The maximum atomic E-state index is 13.8. The van der Waals surface area contributed by atoms with E-state index in [0.29, 0.717) is 30.7 Å². The number of hydrogen-bond acceptors (Lipinski definition) is 5. The zero-order valence-electron chi connectivity index (χ0n) is 26.1. The predicted octanol–water partition coefficient (Wildman–Crippen LogP) is 5.58. The van der Waals surface area contributed by atoms with E-state index in [9.17, 15) is 18.4 Å². The summed E-state index contributed by atoms with van der Waals surface area (Å²) in [5, 5.41) is 3.12. The number of benzene rings is 2. The molecule has 3 aliphatic rings. The van der Waals surface area contributed by atoms with Gasteiger partial charge in [-0.3, -0.25) is 14.2 Å². The summed E-state index contributed by atoms with van der Waals surface area (Å²) in [5.41, 5.74) is 3.71. The Labute approximate surface area is 259 Å². The molecule has 1 spiro atoms. The van der Waals surface area contributed by atoms with Crippen LogP contribution in [0.25, 0.3) is 11.3 Å². The second-order valence-electron chi connectivity index (χ2n) is 12.9. The number of amides is 1. The number of likely N-dealkylation sites (tertiary alicyclic amines) is 2. The van der Waals surface area contributed by atoms with E-state index in [-0.39, 0.29) is 17.2 Å². The summed E-state index contributed by atoms with van der Waals surface area (Å²) in [6, 6.07) is 13.7. The molecule has 6 rings (SSSR count). The normalized spacial score (nSPS) is 23.3. The summed E-state index contributed by atoms with van der Waals surface area (Å²) >= 11 is 0. The Balaban J connectivity index is 0.000000187. The van der Waals surface area contributed by atoms with Crippen molar-refractivity contribution in [1.82, 2.24) is 24.7 Å². The molecule has 0 radical (unpaired) electrons. The molecule has 2 unspecified atom stereocenters. The summed E-state index contributed by atoms with van der Waals surface area (Å²) in [4.78, 5) is 32.4. The van der Waals surface area contributed by atoms with Crippen molar-refractivity contribution >= 4 is 6.41 Å². The first-order valence-corrected chi connectivity index (χ1v) is 15.9. The van der Waals surface area contributed by atoms with Gasteiger partial charge in [-0.1, -0.05) is 49.2 Å². The minimum absolute atomic E-state index is 0.0744. The number of hydrogen-bond donors (Lipinski definition) is 1. The van der Waals surface area contributed by atoms with Gasteiger partial charge in [-0.05, 0) is 82.6 Å². The summed E-state index contributed by atoms with van der Waals surface area (Å²) in [7, 11) is 4.07. The van der Waals surface area contributed by atoms with Crippen LogP contribution in [0.3, 0.4) is 0 Å². The third-order valence-corrected chi connectivity index (χ3v) is 10.2. The van der Waals surface area contributed by atoms with Crippen LogP contribution in [0.5, 0.6) is 0 Å². The molecule has 2 aliphatic heterocycles. The molecule has 236 valence electrons. The highest BCUT2D eigenvalue weighted by Crippen LogP contribution is 2.48. The zero-order valence-corrected chi connectivity index (χ0v) is 26.1. The van der Waals surface area contributed by atoms with E-state index >= 15 is 0 Å². The number of nitrogens with zero attached hydrogens (tertiary/aromatic N) is 4. The van der Waals surface area contributed by atoms with Gasteiger partial charge in [0.1, 0.15) is 0 Å². The van der Waals surface area contributed by atoms with Gasteiger partial charge in [0.15, 0.2) is 11.6 Å². The average molecular weight is 606 g/mol. The van der Waals surface area contributed by atoms with Crippen molar-refractivity contribution in [2.75, 3.05) is 33.7 Å². The summed E-state index contributed by atoms with van der Waals surface area (Å²) in [6.07, 6.45) is 10.4. The molecule has 2 saturated heterocycles. The number of aromatic nitrogens is 2. The van der Waals surface area contributed by atoms with E-state index in [1.54, 1.807) is 12.4 Å². The van der Waals surface area contributed by atoms with Gasteiger partial charge in [-0.25, -0.2) is 13.8 Å². The molecule has 1 N–H and O–H groups in total. The van der Waals surface area contributed by atoms with Crippen molar-refractivity contribution in [3.63, 3.8) is 0 Å². The third-order valence-electron chi connectivity index (χ3n) is 10.2. The van der Waals surface area contributed by atoms with E-state index in [4.69, 9.17) is 0 Å². The fraction of sp³-hybridized carbons (Fsp3) is 0.514. The second kappa shape index (κ2) is 14.1. The quantitative estimate of drug-likeness (QED) is 0.372. The fourth-order valence-electron chi connectivity index (χ4n) is 7.62. The van der Waals surface area contributed by atoms with Crippen molar-refractivity contribution in [3.05, 3.63) is 88.0 Å². The largest absolute Gasteiger partial charge is 0.338 e. The van der Waals surface area contributed by atoms with Gasteiger partial charge in [0, 0.05) is 42.9 Å². The van der Waals surface area contributed by atoms with Crippen molar-refractivity contribution in [1.29, 1.82) is 0 Å². The number of nitrogens with one attached hydrogen (secondary N) is 1. The Bertz CT molecular complexity index is 1490. The van der Waals surface area contributed by atoms with Crippen molar-refractivity contribution in [3.8, 4) is 11.3 Å². The maximum Gasteiger partial charge on any atom is 0.253 e. The van der Waals surface area contributed by atoms with Crippen LogP contribution in [0, 0.1) is 29.9 Å². The molecular weight excluding hydrogens is 560 g/mol. The van der Waals surface area contributed by atoms with E-state index in [2.05, 4.69) is 35.2 Å². The number of aryl methyl sites for hydroxylation is 1. The van der Waals surface area contributed by atoms with Gasteiger partial charge in [0.05, 0.1) is 18.1 Å². The van der Waals surface area contributed by atoms with Crippen LogP contribution in [-0.2, 0) is 11.3 Å². The molecule has 3 heterocycles. The summed E-state index contributed by atoms with van der Waals surface area (Å²) in [6.45, 7) is 5.74. The molecule has 1 amide bonds. The average Bonchev–Trinajstić information content (AvgIpc) is 3.49. The Hall–Kier alpha value is -3.43. The molecular formula is C35H45F2N5O2. The van der Waals surface area contributed by atoms with Gasteiger partial charge in [0.2, 0.25) is 6.41 Å². The van der Waals surface area contributed by atoms with Crippen LogP contribution in [0.1, 0.15) is 62.1 Å². The SMILES string of the molecule is CNC1CCN(C=O)C(c2cccc(F)c2F)C1.Cc1ccccc1-c1cc(=O)n(C[C@@H]2CCN(C)CC23CCCC3)cn1. The van der Waals surface area contributed by atoms with Crippen LogP contribution in [-0.4, -0.2) is 65.5 Å². The smallest absolute Gasteiger partial charge is 0.253 e. The van der Waals surface area contributed by atoms with Gasteiger partial charge in [0.25, 0.3) is 5.56 Å². The lowest BCUT2D eigenvalue weighted by molar-refractivity contribution is -0.121. The standard InChI is InChI=1S/C22H29N3O.C13H16F2N2O/c1-17-7-3-4-8-19(17)20-13-21(26)25(16-23-20)14-18-9-12-24(2)15-22(18)10-5-6-11-22;1-16-9-5-6-17(8-18)12(7-9)10-3-2-4-11(14)13(10)15/h3-4,7-8,13,16,18H,5-6,9-12,14-15H2,1-2H3;2-4,8-9,12,16H,5-7H2,1H3/t18-;/m0./s1. The first kappa shape index (κ1) is 32.0. The summed E-state index contributed by atoms with van der Waals surface area (Å²) in [5.74, 6) is -1.14. The van der Waals surface area contributed by atoms with Crippen molar-refractivity contribution < 1.29 is 13.6 Å². The van der Waals surface area contributed by atoms with Crippen LogP contribution >= 0.6 is 0 Å². The second-order valence-corrected chi connectivity index (χ2v) is 12.9.